The van der Waals surface area contributed by atoms with Gasteiger partial charge in [-0.25, -0.2) is 4.98 Å². The number of carbonyl (C=O) groups excluding carboxylic acids is 1. The van der Waals surface area contributed by atoms with Crippen LogP contribution in [0.1, 0.15) is 24.6 Å². The van der Waals surface area contributed by atoms with Crippen molar-refractivity contribution in [2.24, 2.45) is 0 Å². The highest BCUT2D eigenvalue weighted by molar-refractivity contribution is 7.99. The zero-order valence-electron chi connectivity index (χ0n) is 12.5. The molecule has 0 radical (unpaired) electrons. The van der Waals surface area contributed by atoms with E-state index in [0.717, 1.165) is 24.1 Å². The van der Waals surface area contributed by atoms with Gasteiger partial charge in [-0.15, -0.1) is 0 Å². The van der Waals surface area contributed by atoms with Gasteiger partial charge in [0, 0.05) is 18.3 Å². The Bertz CT molecular complexity index is 671. The van der Waals surface area contributed by atoms with Crippen molar-refractivity contribution in [2.45, 2.75) is 31.5 Å². The minimum Gasteiger partial charge on any atom is -0.351 e. The Morgan fingerprint density at radius 1 is 1.32 bits per heavy atom. The van der Waals surface area contributed by atoms with Gasteiger partial charge >= 0.3 is 0 Å². The van der Waals surface area contributed by atoms with Gasteiger partial charge in [0.15, 0.2) is 5.16 Å². The number of H-pyrrole nitrogens is 1. The molecule has 1 amide bonds. The fourth-order valence-electron chi connectivity index (χ4n) is 1.92. The number of nitrogens with one attached hydrogen (secondary N) is 2. The first-order valence-electron chi connectivity index (χ1n) is 7.21. The molecular formula is C16H19N3O2S. The first-order chi connectivity index (χ1) is 10.7. The highest BCUT2D eigenvalue weighted by atomic mass is 32.2. The third-order valence-electron chi connectivity index (χ3n) is 2.95. The molecule has 2 aromatic rings. The second-order valence-electron chi connectivity index (χ2n) is 4.84. The maximum atomic E-state index is 11.8. The van der Waals surface area contributed by atoms with E-state index in [1.165, 1.54) is 17.8 Å². The zero-order valence-corrected chi connectivity index (χ0v) is 13.3. The summed E-state index contributed by atoms with van der Waals surface area (Å²) in [6, 6.07) is 11.2. The minimum absolute atomic E-state index is 0.0857. The number of thioether (sulfide) groups is 1. The number of hydrogen-bond acceptors (Lipinski definition) is 4. The van der Waals surface area contributed by atoms with Crippen molar-refractivity contribution in [2.75, 3.05) is 5.75 Å². The number of hydrogen-bond donors (Lipinski definition) is 2. The molecule has 0 spiro atoms. The van der Waals surface area contributed by atoms with Gasteiger partial charge in [0.2, 0.25) is 5.91 Å². The SMILES string of the molecule is CCCc1cc(=O)[nH]c(SCC(=O)NCc2ccccc2)n1. The molecule has 1 aromatic heterocycles. The molecule has 0 saturated carbocycles. The molecule has 0 fully saturated rings. The topological polar surface area (TPSA) is 74.8 Å². The van der Waals surface area contributed by atoms with E-state index in [2.05, 4.69) is 15.3 Å². The standard InChI is InChI=1S/C16H19N3O2S/c1-2-6-13-9-14(20)19-16(18-13)22-11-15(21)17-10-12-7-4-3-5-8-12/h3-5,7-9H,2,6,10-11H2,1H3,(H,17,21)(H,18,19,20). The summed E-state index contributed by atoms with van der Waals surface area (Å²) in [5.41, 5.74) is 1.64. The molecular weight excluding hydrogens is 298 g/mol. The van der Waals surface area contributed by atoms with E-state index in [1.54, 1.807) is 0 Å². The van der Waals surface area contributed by atoms with Crippen LogP contribution in [0.15, 0.2) is 46.3 Å². The molecule has 5 nitrogen and oxygen atoms in total. The Morgan fingerprint density at radius 3 is 2.82 bits per heavy atom. The lowest BCUT2D eigenvalue weighted by Gasteiger charge is -2.05. The molecule has 1 aromatic carbocycles. The highest BCUT2D eigenvalue weighted by Gasteiger charge is 2.06. The molecule has 0 saturated heterocycles. The summed E-state index contributed by atoms with van der Waals surface area (Å²) in [5.74, 6) is 0.142. The van der Waals surface area contributed by atoms with Gasteiger partial charge in [0.05, 0.1) is 5.75 Å². The quantitative estimate of drug-likeness (QED) is 0.606. The van der Waals surface area contributed by atoms with Crippen LogP contribution in [0.3, 0.4) is 0 Å². The number of aromatic nitrogens is 2. The molecule has 0 aliphatic carbocycles. The summed E-state index contributed by atoms with van der Waals surface area (Å²) >= 11 is 1.24. The number of aryl methyl sites for hydroxylation is 1. The van der Waals surface area contributed by atoms with Gasteiger partial charge in [-0.2, -0.15) is 0 Å². The minimum atomic E-state index is -0.175. The lowest BCUT2D eigenvalue weighted by atomic mass is 10.2. The average Bonchev–Trinajstić information content (AvgIpc) is 2.52. The monoisotopic (exact) mass is 317 g/mol. The van der Waals surface area contributed by atoms with Crippen molar-refractivity contribution in [1.82, 2.24) is 15.3 Å². The van der Waals surface area contributed by atoms with E-state index in [0.29, 0.717) is 11.7 Å². The average molecular weight is 317 g/mol. The van der Waals surface area contributed by atoms with Gasteiger partial charge in [0.1, 0.15) is 0 Å². The maximum Gasteiger partial charge on any atom is 0.251 e. The van der Waals surface area contributed by atoms with Crippen LogP contribution < -0.4 is 10.9 Å². The Morgan fingerprint density at radius 2 is 2.09 bits per heavy atom. The molecule has 116 valence electrons. The van der Waals surface area contributed by atoms with Crippen molar-refractivity contribution >= 4 is 17.7 Å². The van der Waals surface area contributed by atoms with Gasteiger partial charge < -0.3 is 10.3 Å². The maximum absolute atomic E-state index is 11.8. The van der Waals surface area contributed by atoms with E-state index >= 15 is 0 Å². The summed E-state index contributed by atoms with van der Waals surface area (Å²) in [7, 11) is 0. The Balaban J connectivity index is 1.84. The van der Waals surface area contributed by atoms with Crippen molar-refractivity contribution in [1.29, 1.82) is 0 Å². The molecule has 2 N–H and O–H groups in total. The smallest absolute Gasteiger partial charge is 0.251 e. The molecule has 1 heterocycles. The van der Waals surface area contributed by atoms with Crippen LogP contribution >= 0.6 is 11.8 Å². The second kappa shape index (κ2) is 8.38. The summed E-state index contributed by atoms with van der Waals surface area (Å²) in [6.45, 7) is 2.53. The number of benzene rings is 1. The highest BCUT2D eigenvalue weighted by Crippen LogP contribution is 2.11. The van der Waals surface area contributed by atoms with Crippen molar-refractivity contribution in [3.05, 3.63) is 58.0 Å². The molecule has 0 aliphatic heterocycles. The van der Waals surface area contributed by atoms with Crippen LogP contribution in [0.2, 0.25) is 0 Å². The predicted molar refractivity (Wildman–Crippen MR) is 87.9 cm³/mol. The van der Waals surface area contributed by atoms with Gasteiger partial charge in [-0.3, -0.25) is 9.59 Å². The van der Waals surface area contributed by atoms with Crippen LogP contribution in [-0.4, -0.2) is 21.6 Å². The largest absolute Gasteiger partial charge is 0.351 e. The van der Waals surface area contributed by atoms with Crippen molar-refractivity contribution in [3.8, 4) is 0 Å². The van der Waals surface area contributed by atoms with Crippen molar-refractivity contribution < 1.29 is 4.79 Å². The van der Waals surface area contributed by atoms with Gasteiger partial charge in [-0.05, 0) is 12.0 Å². The summed E-state index contributed by atoms with van der Waals surface area (Å²) in [5, 5.41) is 3.34. The molecule has 2 rings (SSSR count). The summed E-state index contributed by atoms with van der Waals surface area (Å²) in [4.78, 5) is 30.4. The van der Waals surface area contributed by atoms with Crippen LogP contribution in [0, 0.1) is 0 Å². The lowest BCUT2D eigenvalue weighted by Crippen LogP contribution is -2.24. The van der Waals surface area contributed by atoms with E-state index in [9.17, 15) is 9.59 Å². The molecule has 0 aliphatic rings. The Labute approximate surface area is 133 Å². The molecule has 22 heavy (non-hydrogen) atoms. The number of nitrogens with zero attached hydrogens (tertiary/aromatic N) is 1. The van der Waals surface area contributed by atoms with E-state index in [1.807, 2.05) is 37.3 Å². The normalized spacial score (nSPS) is 10.4. The van der Waals surface area contributed by atoms with E-state index in [4.69, 9.17) is 0 Å². The third-order valence-corrected chi connectivity index (χ3v) is 3.82. The third kappa shape index (κ3) is 5.37. The van der Waals surface area contributed by atoms with E-state index in [-0.39, 0.29) is 17.2 Å². The van der Waals surface area contributed by atoms with Gasteiger partial charge in [-0.1, -0.05) is 55.4 Å². The number of carbonyl (C=O) groups is 1. The molecule has 6 heteroatoms. The second-order valence-corrected chi connectivity index (χ2v) is 5.81. The van der Waals surface area contributed by atoms with Crippen LogP contribution in [0.4, 0.5) is 0 Å². The summed E-state index contributed by atoms with van der Waals surface area (Å²) < 4.78 is 0. The lowest BCUT2D eigenvalue weighted by molar-refractivity contribution is -0.118. The zero-order chi connectivity index (χ0) is 15.8. The van der Waals surface area contributed by atoms with Crippen LogP contribution in [-0.2, 0) is 17.8 Å². The molecule has 0 atom stereocenters. The van der Waals surface area contributed by atoms with E-state index < -0.39 is 0 Å². The van der Waals surface area contributed by atoms with Crippen LogP contribution in [0.25, 0.3) is 0 Å². The fraction of sp³-hybridized carbons (Fsp3) is 0.312. The van der Waals surface area contributed by atoms with Gasteiger partial charge in [0.25, 0.3) is 5.56 Å². The fourth-order valence-corrected chi connectivity index (χ4v) is 2.64. The number of amides is 1. The number of rotatable bonds is 7. The van der Waals surface area contributed by atoms with Crippen LogP contribution in [0.5, 0.6) is 0 Å². The molecule has 0 bridgehead atoms. The predicted octanol–water partition coefficient (Wildman–Crippen LogP) is 2.13. The molecule has 0 unspecified atom stereocenters. The Kier molecular flexibility index (Phi) is 6.21. The first kappa shape index (κ1) is 16.3. The Hall–Kier alpha value is -2.08. The number of aromatic amines is 1. The van der Waals surface area contributed by atoms with Crippen molar-refractivity contribution in [3.63, 3.8) is 0 Å². The first-order valence-corrected chi connectivity index (χ1v) is 8.19. The summed E-state index contributed by atoms with van der Waals surface area (Å²) in [6.07, 6.45) is 1.69.